The molecule has 0 bridgehead atoms. The van der Waals surface area contributed by atoms with Crippen LogP contribution in [0.2, 0.25) is 0 Å². The standard InChI is InChI=1S/C56H107NO5/c1-3-5-7-9-11-13-15-17-19-21-22-24-26-30-34-38-42-46-50-56(61)62-51-47-43-39-35-31-27-29-33-37-41-45-49-55(60)57-53(52-58)54(59)48-44-40-36-32-28-25-23-20-18-16-14-12-10-8-6-4-2/h19,21,44,48,53-54,58-59H,3-18,20,22-43,45-47,49-52H2,1-2H3,(H,57,60)/b21-19-,48-44+. The Morgan fingerprint density at radius 1 is 0.435 bits per heavy atom. The van der Waals surface area contributed by atoms with Crippen molar-refractivity contribution in [3.63, 3.8) is 0 Å². The van der Waals surface area contributed by atoms with Crippen LogP contribution in [0.15, 0.2) is 24.3 Å². The number of carbonyl (C=O) groups is 2. The molecule has 0 rings (SSSR count). The van der Waals surface area contributed by atoms with Crippen LogP contribution in [-0.2, 0) is 14.3 Å². The molecule has 3 N–H and O–H groups in total. The normalized spacial score (nSPS) is 12.8. The SMILES string of the molecule is CCCCCCCCC/C=C\CCCCCCCCCC(=O)OCCCCCCCCCCCCCC(=O)NC(CO)C(O)/C=C/CCCCCCCCCCCCCCCC. The van der Waals surface area contributed by atoms with Gasteiger partial charge in [-0.25, -0.2) is 0 Å². The first-order valence-corrected chi connectivity index (χ1v) is 27.6. The van der Waals surface area contributed by atoms with E-state index in [9.17, 15) is 19.8 Å². The predicted molar refractivity (Wildman–Crippen MR) is 269 cm³/mol. The zero-order valence-corrected chi connectivity index (χ0v) is 41.6. The largest absolute Gasteiger partial charge is 0.466 e. The summed E-state index contributed by atoms with van der Waals surface area (Å²) in [6, 6.07) is -0.642. The van der Waals surface area contributed by atoms with Crippen molar-refractivity contribution in [3.05, 3.63) is 24.3 Å². The lowest BCUT2D eigenvalue weighted by atomic mass is 10.0. The number of ether oxygens (including phenoxy) is 1. The molecule has 2 atom stereocenters. The van der Waals surface area contributed by atoms with Crippen LogP contribution >= 0.6 is 0 Å². The maximum atomic E-state index is 12.4. The molecule has 6 nitrogen and oxygen atoms in total. The molecule has 0 fully saturated rings. The number of rotatable bonds is 51. The summed E-state index contributed by atoms with van der Waals surface area (Å²) in [5, 5.41) is 23.1. The van der Waals surface area contributed by atoms with E-state index in [0.29, 0.717) is 19.4 Å². The highest BCUT2D eigenvalue weighted by atomic mass is 16.5. The van der Waals surface area contributed by atoms with Gasteiger partial charge in [-0.3, -0.25) is 9.59 Å². The molecule has 6 heteroatoms. The first-order chi connectivity index (χ1) is 30.5. The van der Waals surface area contributed by atoms with Crippen LogP contribution in [0.5, 0.6) is 0 Å². The van der Waals surface area contributed by atoms with Gasteiger partial charge in [-0.05, 0) is 57.8 Å². The number of hydrogen-bond donors (Lipinski definition) is 3. The van der Waals surface area contributed by atoms with E-state index in [4.69, 9.17) is 4.74 Å². The number of nitrogens with one attached hydrogen (secondary N) is 1. The highest BCUT2D eigenvalue weighted by Crippen LogP contribution is 2.16. The third-order valence-corrected chi connectivity index (χ3v) is 12.7. The minimum absolute atomic E-state index is 0.0182. The number of unbranched alkanes of at least 4 members (excludes halogenated alkanes) is 38. The van der Waals surface area contributed by atoms with Gasteiger partial charge in [-0.1, -0.05) is 250 Å². The molecule has 0 aromatic heterocycles. The fraction of sp³-hybridized carbons (Fsp3) is 0.893. The van der Waals surface area contributed by atoms with Gasteiger partial charge in [0.25, 0.3) is 0 Å². The van der Waals surface area contributed by atoms with Gasteiger partial charge in [0.1, 0.15) is 0 Å². The Balaban J connectivity index is 3.49. The molecule has 62 heavy (non-hydrogen) atoms. The van der Waals surface area contributed by atoms with E-state index >= 15 is 0 Å². The van der Waals surface area contributed by atoms with Crippen molar-refractivity contribution < 1.29 is 24.5 Å². The van der Waals surface area contributed by atoms with Gasteiger partial charge in [0.15, 0.2) is 0 Å². The smallest absolute Gasteiger partial charge is 0.305 e. The van der Waals surface area contributed by atoms with Gasteiger partial charge in [-0.2, -0.15) is 0 Å². The van der Waals surface area contributed by atoms with Crippen molar-refractivity contribution >= 4 is 11.9 Å². The number of aliphatic hydroxyl groups is 2. The summed E-state index contributed by atoms with van der Waals surface area (Å²) in [7, 11) is 0. The predicted octanol–water partition coefficient (Wildman–Crippen LogP) is 16.7. The van der Waals surface area contributed by atoms with Crippen molar-refractivity contribution in [2.75, 3.05) is 13.2 Å². The van der Waals surface area contributed by atoms with E-state index in [2.05, 4.69) is 31.3 Å². The molecule has 1 amide bonds. The number of aliphatic hydroxyl groups excluding tert-OH is 2. The lowest BCUT2D eigenvalue weighted by Gasteiger charge is -2.20. The molecule has 366 valence electrons. The fourth-order valence-electron chi connectivity index (χ4n) is 8.45. The Bertz CT molecular complexity index is 966. The monoisotopic (exact) mass is 874 g/mol. The fourth-order valence-corrected chi connectivity index (χ4v) is 8.45. The molecule has 0 aromatic rings. The Hall–Kier alpha value is -1.66. The zero-order valence-electron chi connectivity index (χ0n) is 41.6. The summed E-state index contributed by atoms with van der Waals surface area (Å²) < 4.78 is 5.47. The van der Waals surface area contributed by atoms with Crippen LogP contribution in [0, 0.1) is 0 Å². The van der Waals surface area contributed by atoms with Gasteiger partial charge in [0, 0.05) is 12.8 Å². The Kier molecular flexibility index (Phi) is 50.6. The quantitative estimate of drug-likeness (QED) is 0.0321. The van der Waals surface area contributed by atoms with Crippen LogP contribution in [0.1, 0.15) is 296 Å². The third kappa shape index (κ3) is 47.8. The lowest BCUT2D eigenvalue weighted by molar-refractivity contribution is -0.143. The molecule has 0 aliphatic heterocycles. The Labute approximate surface area is 386 Å². The number of esters is 1. The van der Waals surface area contributed by atoms with Gasteiger partial charge < -0.3 is 20.3 Å². The highest BCUT2D eigenvalue weighted by Gasteiger charge is 2.18. The second-order valence-corrected chi connectivity index (χ2v) is 18.9. The van der Waals surface area contributed by atoms with Crippen LogP contribution < -0.4 is 5.32 Å². The maximum Gasteiger partial charge on any atom is 0.305 e. The molecule has 0 saturated heterocycles. The van der Waals surface area contributed by atoms with Gasteiger partial charge >= 0.3 is 5.97 Å². The van der Waals surface area contributed by atoms with Crippen molar-refractivity contribution in [3.8, 4) is 0 Å². The van der Waals surface area contributed by atoms with Gasteiger partial charge in [0.05, 0.1) is 25.4 Å². The third-order valence-electron chi connectivity index (χ3n) is 12.7. The van der Waals surface area contributed by atoms with Crippen LogP contribution in [-0.4, -0.2) is 47.4 Å². The molecule has 0 heterocycles. The number of carbonyl (C=O) groups excluding carboxylic acids is 2. The zero-order chi connectivity index (χ0) is 45.1. The minimum atomic E-state index is -0.856. The summed E-state index contributed by atoms with van der Waals surface area (Å²) in [5.74, 6) is -0.104. The van der Waals surface area contributed by atoms with E-state index < -0.39 is 12.1 Å². The van der Waals surface area contributed by atoms with Crippen molar-refractivity contribution in [1.29, 1.82) is 0 Å². The molecule has 0 aromatic carbocycles. The summed E-state index contributed by atoms with van der Waals surface area (Å²) in [5.41, 5.74) is 0. The Morgan fingerprint density at radius 2 is 0.758 bits per heavy atom. The lowest BCUT2D eigenvalue weighted by Crippen LogP contribution is -2.45. The molecule has 0 saturated carbocycles. The second kappa shape index (κ2) is 52.0. The van der Waals surface area contributed by atoms with Crippen molar-refractivity contribution in [1.82, 2.24) is 5.32 Å². The second-order valence-electron chi connectivity index (χ2n) is 18.9. The van der Waals surface area contributed by atoms with E-state index in [1.807, 2.05) is 6.08 Å². The molecule has 0 radical (unpaired) electrons. The van der Waals surface area contributed by atoms with E-state index in [1.54, 1.807) is 6.08 Å². The van der Waals surface area contributed by atoms with E-state index in [0.717, 1.165) is 57.8 Å². The topological polar surface area (TPSA) is 95.9 Å². The molecular weight excluding hydrogens is 767 g/mol. The average molecular weight is 874 g/mol. The summed E-state index contributed by atoms with van der Waals surface area (Å²) in [4.78, 5) is 24.5. The molecular formula is C56H107NO5. The van der Waals surface area contributed by atoms with Crippen LogP contribution in [0.25, 0.3) is 0 Å². The average Bonchev–Trinajstić information content (AvgIpc) is 3.27. The summed E-state index contributed by atoms with van der Waals surface area (Å²) in [6.45, 7) is 4.87. The summed E-state index contributed by atoms with van der Waals surface area (Å²) in [6.07, 6.45) is 61.8. The van der Waals surface area contributed by atoms with Crippen molar-refractivity contribution in [2.45, 2.75) is 309 Å². The van der Waals surface area contributed by atoms with Crippen molar-refractivity contribution in [2.24, 2.45) is 0 Å². The number of allylic oxidation sites excluding steroid dienone is 3. The maximum absolute atomic E-state index is 12.4. The van der Waals surface area contributed by atoms with Crippen LogP contribution in [0.3, 0.4) is 0 Å². The minimum Gasteiger partial charge on any atom is -0.466 e. The van der Waals surface area contributed by atoms with Crippen LogP contribution in [0.4, 0.5) is 0 Å². The Morgan fingerprint density at radius 3 is 1.15 bits per heavy atom. The summed E-state index contributed by atoms with van der Waals surface area (Å²) >= 11 is 0. The highest BCUT2D eigenvalue weighted by molar-refractivity contribution is 5.76. The molecule has 2 unspecified atom stereocenters. The number of hydrogen-bond acceptors (Lipinski definition) is 5. The van der Waals surface area contributed by atoms with Gasteiger partial charge in [-0.15, -0.1) is 0 Å². The molecule has 0 aliphatic carbocycles. The molecule has 0 aliphatic rings. The van der Waals surface area contributed by atoms with Gasteiger partial charge in [0.2, 0.25) is 5.91 Å². The first-order valence-electron chi connectivity index (χ1n) is 27.6. The van der Waals surface area contributed by atoms with E-state index in [1.165, 1.54) is 212 Å². The van der Waals surface area contributed by atoms with E-state index in [-0.39, 0.29) is 18.5 Å². The first kappa shape index (κ1) is 60.3. The number of amides is 1. The molecule has 0 spiro atoms.